The van der Waals surface area contributed by atoms with Gasteiger partial charge in [-0.2, -0.15) is 5.10 Å². The Hall–Kier alpha value is -3.14. The summed E-state index contributed by atoms with van der Waals surface area (Å²) in [6.07, 6.45) is 19.8. The number of carbonyl (C=O) groups excluding carboxylic acids is 1. The van der Waals surface area contributed by atoms with E-state index in [1.165, 1.54) is 39.0 Å². The molecule has 1 N–H and O–H groups in total. The van der Waals surface area contributed by atoms with Crippen LogP contribution in [0.4, 0.5) is 0 Å². The number of aromatic amines is 1. The number of ketones is 1. The topological polar surface area (TPSA) is 55.0 Å². The fourth-order valence-electron chi connectivity index (χ4n) is 3.48. The predicted octanol–water partition coefficient (Wildman–Crippen LogP) is 7.21. The number of rotatable bonds is 9. The van der Waals surface area contributed by atoms with Crippen LogP contribution >= 0.6 is 0 Å². The molecule has 4 nitrogen and oxygen atoms in total. The van der Waals surface area contributed by atoms with Crippen molar-refractivity contribution in [3.8, 4) is 5.75 Å². The van der Waals surface area contributed by atoms with Gasteiger partial charge in [-0.25, -0.2) is 0 Å². The van der Waals surface area contributed by atoms with Crippen molar-refractivity contribution in [2.75, 3.05) is 6.61 Å². The van der Waals surface area contributed by atoms with Gasteiger partial charge < -0.3 is 4.74 Å². The Bertz CT molecular complexity index is 891. The van der Waals surface area contributed by atoms with Gasteiger partial charge in [-0.1, -0.05) is 86.9 Å². The van der Waals surface area contributed by atoms with E-state index in [9.17, 15) is 4.79 Å². The molecule has 1 fully saturated rings. The SMILES string of the molecule is C=C\C=C/C(/C=C/c1cn[nH]c1C(C)=O)=C\C.[HH].c1ccc(OCCC2CCCC2)cc1. The standard InChI is InChI=1S/C14H16N2O.C13H18O.H2/c1-4-6-7-12(5-2)8-9-13-10-15-16-14(13)11(3)17;1-2-8-13(9-3-1)14-11-10-12-6-4-5-7-12;/h4-10H,1H2,2-3H3,(H,15,16);1-3,8-9,12H,4-7,10-11H2;1H/b7-6-,9-8+,12-5+;;. The van der Waals surface area contributed by atoms with Crippen molar-refractivity contribution < 1.29 is 11.0 Å². The van der Waals surface area contributed by atoms with Crippen molar-refractivity contribution in [3.05, 3.63) is 90.3 Å². The highest BCUT2D eigenvalue weighted by Gasteiger charge is 2.14. The van der Waals surface area contributed by atoms with Crippen LogP contribution in [0.3, 0.4) is 0 Å². The normalized spacial score (nSPS) is 14.6. The highest BCUT2D eigenvalue weighted by molar-refractivity contribution is 5.95. The zero-order chi connectivity index (χ0) is 22.3. The minimum absolute atomic E-state index is 0. The average molecular weight is 421 g/mol. The Kier molecular flexibility index (Phi) is 10.9. The maximum absolute atomic E-state index is 11.3. The van der Waals surface area contributed by atoms with E-state index in [1.807, 2.05) is 67.6 Å². The van der Waals surface area contributed by atoms with Crippen LogP contribution in [-0.2, 0) is 0 Å². The summed E-state index contributed by atoms with van der Waals surface area (Å²) in [4.78, 5) is 11.3. The van der Waals surface area contributed by atoms with Crippen molar-refractivity contribution >= 4 is 11.9 Å². The second-order valence-corrected chi connectivity index (χ2v) is 7.57. The second-order valence-electron chi connectivity index (χ2n) is 7.57. The van der Waals surface area contributed by atoms with E-state index in [-0.39, 0.29) is 7.21 Å². The third-order valence-electron chi connectivity index (χ3n) is 5.25. The summed E-state index contributed by atoms with van der Waals surface area (Å²) >= 11 is 0. The Morgan fingerprint density at radius 2 is 2.00 bits per heavy atom. The first-order valence-corrected chi connectivity index (χ1v) is 11.0. The zero-order valence-electron chi connectivity index (χ0n) is 18.7. The quantitative estimate of drug-likeness (QED) is 0.344. The van der Waals surface area contributed by atoms with Crippen LogP contribution in [0.2, 0.25) is 0 Å². The molecule has 0 saturated heterocycles. The zero-order valence-corrected chi connectivity index (χ0v) is 18.7. The van der Waals surface area contributed by atoms with Gasteiger partial charge in [0.05, 0.1) is 12.8 Å². The van der Waals surface area contributed by atoms with E-state index in [4.69, 9.17) is 4.74 Å². The second kappa shape index (κ2) is 14.0. The van der Waals surface area contributed by atoms with Crippen LogP contribution in [0, 0.1) is 5.92 Å². The summed E-state index contributed by atoms with van der Waals surface area (Å²) in [5, 5.41) is 6.54. The van der Waals surface area contributed by atoms with Crippen LogP contribution in [0.25, 0.3) is 6.08 Å². The maximum atomic E-state index is 11.3. The summed E-state index contributed by atoms with van der Waals surface area (Å²) in [6, 6.07) is 10.1. The number of hydrogen-bond acceptors (Lipinski definition) is 3. The predicted molar refractivity (Wildman–Crippen MR) is 131 cm³/mol. The van der Waals surface area contributed by atoms with E-state index in [1.54, 1.807) is 12.3 Å². The average Bonchev–Trinajstić information content (AvgIpc) is 3.47. The van der Waals surface area contributed by atoms with Crippen molar-refractivity contribution in [1.29, 1.82) is 0 Å². The number of nitrogens with zero attached hydrogens (tertiary/aromatic N) is 1. The minimum Gasteiger partial charge on any atom is -0.494 e. The fraction of sp³-hybridized carbons (Fsp3) is 0.333. The molecule has 0 aliphatic heterocycles. The van der Waals surface area contributed by atoms with Crippen molar-refractivity contribution in [3.63, 3.8) is 0 Å². The largest absolute Gasteiger partial charge is 0.494 e. The van der Waals surface area contributed by atoms with Gasteiger partial charge in [-0.05, 0) is 37.0 Å². The summed E-state index contributed by atoms with van der Waals surface area (Å²) in [5.74, 6) is 1.91. The molecular formula is C27H36N2O2. The Labute approximate surface area is 187 Å². The molecule has 2 aromatic rings. The monoisotopic (exact) mass is 420 g/mol. The molecule has 166 valence electrons. The summed E-state index contributed by atoms with van der Waals surface area (Å²) < 4.78 is 5.67. The van der Waals surface area contributed by atoms with Crippen molar-refractivity contribution in [2.45, 2.75) is 46.0 Å². The van der Waals surface area contributed by atoms with Gasteiger partial charge in [0.1, 0.15) is 11.4 Å². The van der Waals surface area contributed by atoms with Crippen molar-refractivity contribution in [1.82, 2.24) is 10.2 Å². The van der Waals surface area contributed by atoms with Crippen LogP contribution in [-0.4, -0.2) is 22.6 Å². The summed E-state index contributed by atoms with van der Waals surface area (Å²) in [7, 11) is 0. The Morgan fingerprint density at radius 3 is 2.65 bits per heavy atom. The molecule has 4 heteroatoms. The first-order chi connectivity index (χ1) is 15.1. The van der Waals surface area contributed by atoms with Gasteiger partial charge in [0.25, 0.3) is 0 Å². The fourth-order valence-corrected chi connectivity index (χ4v) is 3.48. The molecule has 1 heterocycles. The number of H-pyrrole nitrogens is 1. The number of aromatic nitrogens is 2. The lowest BCUT2D eigenvalue weighted by molar-refractivity contribution is 0.101. The van der Waals surface area contributed by atoms with Crippen LogP contribution in [0.5, 0.6) is 5.75 Å². The molecule has 31 heavy (non-hydrogen) atoms. The number of benzene rings is 1. The molecule has 1 aliphatic rings. The molecule has 0 spiro atoms. The number of nitrogens with one attached hydrogen (secondary N) is 1. The van der Waals surface area contributed by atoms with Crippen LogP contribution < -0.4 is 4.74 Å². The van der Waals surface area contributed by atoms with E-state index in [0.29, 0.717) is 5.69 Å². The number of carbonyl (C=O) groups is 1. The number of allylic oxidation sites excluding steroid dienone is 6. The molecule has 0 atom stereocenters. The molecule has 0 unspecified atom stereocenters. The molecule has 1 aromatic heterocycles. The molecule has 0 bridgehead atoms. The van der Waals surface area contributed by atoms with Gasteiger partial charge in [-0.3, -0.25) is 9.89 Å². The maximum Gasteiger partial charge on any atom is 0.178 e. The van der Waals surface area contributed by atoms with Crippen LogP contribution in [0.15, 0.2) is 79.1 Å². The molecule has 3 rings (SSSR count). The molecule has 0 amide bonds. The van der Waals surface area contributed by atoms with E-state index >= 15 is 0 Å². The molecule has 1 aliphatic carbocycles. The Morgan fingerprint density at radius 1 is 1.26 bits per heavy atom. The van der Waals surface area contributed by atoms with Crippen molar-refractivity contribution in [2.24, 2.45) is 5.92 Å². The lowest BCUT2D eigenvalue weighted by atomic mass is 10.1. The molecule has 1 aromatic carbocycles. The van der Waals surface area contributed by atoms with Gasteiger partial charge >= 0.3 is 0 Å². The van der Waals surface area contributed by atoms with Gasteiger partial charge in [0.2, 0.25) is 0 Å². The molecule has 1 saturated carbocycles. The molecule has 0 radical (unpaired) electrons. The van der Waals surface area contributed by atoms with Crippen LogP contribution in [0.1, 0.15) is 63.4 Å². The Balaban J connectivity index is 0.000000315. The summed E-state index contributed by atoms with van der Waals surface area (Å²) in [6.45, 7) is 7.97. The van der Waals surface area contributed by atoms with E-state index in [0.717, 1.165) is 29.4 Å². The smallest absolute Gasteiger partial charge is 0.178 e. The van der Waals surface area contributed by atoms with Gasteiger partial charge in [-0.15, -0.1) is 0 Å². The lowest BCUT2D eigenvalue weighted by Gasteiger charge is -2.09. The third kappa shape index (κ3) is 9.04. The van der Waals surface area contributed by atoms with Gasteiger partial charge in [0, 0.05) is 13.9 Å². The van der Waals surface area contributed by atoms with E-state index < -0.39 is 0 Å². The summed E-state index contributed by atoms with van der Waals surface area (Å²) in [5.41, 5.74) is 2.37. The highest BCUT2D eigenvalue weighted by Crippen LogP contribution is 2.27. The number of para-hydroxylation sites is 1. The number of hydrogen-bond donors (Lipinski definition) is 1. The first kappa shape index (κ1) is 24.1. The van der Waals surface area contributed by atoms with Gasteiger partial charge in [0.15, 0.2) is 5.78 Å². The van der Waals surface area contributed by atoms with E-state index in [2.05, 4.69) is 16.8 Å². The number of Topliss-reactive ketones (excluding diaryl/α,β-unsaturated/α-hetero) is 1. The minimum atomic E-state index is -0.0224. The lowest BCUT2D eigenvalue weighted by Crippen LogP contribution is -2.03. The highest BCUT2D eigenvalue weighted by atomic mass is 16.5. The third-order valence-corrected chi connectivity index (χ3v) is 5.25. The first-order valence-electron chi connectivity index (χ1n) is 11.0. The molecular weight excluding hydrogens is 384 g/mol. The number of ether oxygens (including phenoxy) is 1.